The molecule has 2 bridgehead atoms. The van der Waals surface area contributed by atoms with Crippen LogP contribution in [0.4, 0.5) is 0 Å². The molecule has 2 fully saturated rings. The molecule has 0 aromatic heterocycles. The van der Waals surface area contributed by atoms with Gasteiger partial charge >= 0.3 is 0 Å². The number of likely N-dealkylation sites (N-methyl/N-ethyl adjacent to an activating group) is 1. The van der Waals surface area contributed by atoms with Crippen LogP contribution in [0.2, 0.25) is 0 Å². The lowest BCUT2D eigenvalue weighted by Gasteiger charge is -2.62. The Bertz CT molecular complexity index is 963. The predicted molar refractivity (Wildman–Crippen MR) is 83.0 cm³/mol. The van der Waals surface area contributed by atoms with E-state index >= 15 is 0 Å². The molecule has 1 saturated carbocycles. The van der Waals surface area contributed by atoms with Gasteiger partial charge in [-0.3, -0.25) is 4.79 Å². The summed E-state index contributed by atoms with van der Waals surface area (Å²) in [6.07, 6.45) is -2.10. The van der Waals surface area contributed by atoms with Gasteiger partial charge in [0.25, 0.3) is 0 Å². The third-order valence-corrected chi connectivity index (χ3v) is 6.13. The molecule has 2 heterocycles. The van der Waals surface area contributed by atoms with Crippen LogP contribution in [-0.2, 0) is 16.6 Å². The number of rotatable bonds is 1. The number of benzene rings is 1. The van der Waals surface area contributed by atoms with Gasteiger partial charge in [0.05, 0.1) is 23.5 Å². The highest BCUT2D eigenvalue weighted by atomic mass is 16.5. The number of piperidine rings is 1. The maximum Gasteiger partial charge on any atom is 0.174 e. The summed E-state index contributed by atoms with van der Waals surface area (Å²) in [4.78, 5) is 14.2. The Kier molecular flexibility index (Phi) is 1.51. The second kappa shape index (κ2) is 4.08. The van der Waals surface area contributed by atoms with Crippen molar-refractivity contribution in [2.75, 3.05) is 20.6 Å². The van der Waals surface area contributed by atoms with E-state index in [1.165, 1.54) is 11.0 Å². The number of aliphatic hydroxyl groups is 1. The molecule has 5 heteroatoms. The van der Waals surface area contributed by atoms with Crippen molar-refractivity contribution < 1.29 is 29.0 Å². The van der Waals surface area contributed by atoms with Crippen LogP contribution >= 0.6 is 0 Å². The molecule has 5 rings (SSSR count). The van der Waals surface area contributed by atoms with E-state index in [9.17, 15) is 9.90 Å². The molecule has 1 unspecified atom stereocenters. The average molecular weight is 322 g/mol. The summed E-state index contributed by atoms with van der Waals surface area (Å²) >= 11 is 0. The van der Waals surface area contributed by atoms with Crippen LogP contribution in [0.15, 0.2) is 12.1 Å². The number of Topliss-reactive ketones (excluding diaryl/α,β-unsaturated/α-hetero) is 1. The fourth-order valence-corrected chi connectivity index (χ4v) is 5.16. The van der Waals surface area contributed by atoms with Gasteiger partial charge in [-0.2, -0.15) is 0 Å². The lowest BCUT2D eigenvalue weighted by atomic mass is 9.49. The van der Waals surface area contributed by atoms with Crippen molar-refractivity contribution in [3.05, 3.63) is 23.3 Å². The molecule has 2 aliphatic heterocycles. The van der Waals surface area contributed by atoms with Crippen LogP contribution in [0.25, 0.3) is 0 Å². The van der Waals surface area contributed by atoms with Gasteiger partial charge in [0.2, 0.25) is 0 Å². The molecule has 122 valence electrons. The minimum atomic E-state index is -2.77. The second-order valence-electron chi connectivity index (χ2n) is 6.88. The molecule has 1 N–H and O–H groups in total. The number of ether oxygens (including phenoxy) is 2. The van der Waals surface area contributed by atoms with Crippen molar-refractivity contribution in [2.45, 2.75) is 48.8 Å². The minimum absolute atomic E-state index is 0.00640. The predicted octanol–water partition coefficient (Wildman–Crippen LogP) is 1.05. The standard InChI is InChI=1S/C18H21NO4/c1-19-8-7-17-14-10-3-4-12(22-2)15(14)23-16(17)11(20)5-6-18(17,21)13(19)9-10/h3-4,13,16,21H,5-9H2,1-2H3/t13-,16?,17+,18-/m1/s1/i1D3,2D3,16D. The number of methoxy groups -OCH3 is 1. The van der Waals surface area contributed by atoms with Gasteiger partial charge in [-0.15, -0.1) is 0 Å². The van der Waals surface area contributed by atoms with Gasteiger partial charge in [-0.25, -0.2) is 0 Å². The van der Waals surface area contributed by atoms with Crippen molar-refractivity contribution in [3.8, 4) is 11.5 Å². The highest BCUT2D eigenvalue weighted by Gasteiger charge is 2.72. The van der Waals surface area contributed by atoms with E-state index in [0.717, 1.165) is 0 Å². The normalized spacial score (nSPS) is 49.3. The quantitative estimate of drug-likeness (QED) is 0.837. The lowest BCUT2D eigenvalue weighted by molar-refractivity contribution is -0.185. The van der Waals surface area contributed by atoms with Gasteiger partial charge in [0.1, 0.15) is 0 Å². The number of nitrogens with zero attached hydrogens (tertiary/aromatic N) is 1. The van der Waals surface area contributed by atoms with E-state index in [0.29, 0.717) is 11.1 Å². The first kappa shape index (κ1) is 8.49. The van der Waals surface area contributed by atoms with Crippen molar-refractivity contribution >= 4 is 5.78 Å². The van der Waals surface area contributed by atoms with Crippen LogP contribution in [0.3, 0.4) is 0 Å². The van der Waals surface area contributed by atoms with Gasteiger partial charge in [0.15, 0.2) is 23.4 Å². The summed E-state index contributed by atoms with van der Waals surface area (Å²) < 4.78 is 66.1. The van der Waals surface area contributed by atoms with Gasteiger partial charge in [-0.1, -0.05) is 6.07 Å². The molecule has 2 aliphatic carbocycles. The molecule has 5 nitrogen and oxygen atoms in total. The first-order valence-corrected chi connectivity index (χ1v) is 7.81. The Balaban J connectivity index is 1.79. The number of hydrogen-bond donors (Lipinski definition) is 1. The summed E-state index contributed by atoms with van der Waals surface area (Å²) in [5.74, 6) is -0.638. The van der Waals surface area contributed by atoms with E-state index in [-0.39, 0.29) is 43.7 Å². The van der Waals surface area contributed by atoms with Crippen molar-refractivity contribution in [1.29, 1.82) is 0 Å². The van der Waals surface area contributed by atoms with Crippen molar-refractivity contribution in [3.63, 3.8) is 0 Å². The third kappa shape index (κ3) is 1.32. The maximum atomic E-state index is 13.0. The van der Waals surface area contributed by atoms with Crippen molar-refractivity contribution in [2.24, 2.45) is 0 Å². The first-order chi connectivity index (χ1) is 13.7. The molecule has 1 spiro atoms. The smallest absolute Gasteiger partial charge is 0.174 e. The van der Waals surface area contributed by atoms with E-state index in [1.807, 2.05) is 0 Å². The molecule has 0 radical (unpaired) electrons. The van der Waals surface area contributed by atoms with E-state index in [2.05, 4.69) is 0 Å². The molecule has 23 heavy (non-hydrogen) atoms. The van der Waals surface area contributed by atoms with Crippen LogP contribution < -0.4 is 9.47 Å². The first-order valence-electron chi connectivity index (χ1n) is 11.3. The number of ketones is 1. The fourth-order valence-electron chi connectivity index (χ4n) is 5.16. The molecule has 1 aromatic carbocycles. The number of likely N-dealkylation sites (tertiary alicyclic amines) is 1. The highest BCUT2D eigenvalue weighted by molar-refractivity contribution is 5.90. The Morgan fingerprint density at radius 2 is 2.43 bits per heavy atom. The largest absolute Gasteiger partial charge is 0.493 e. The molecule has 1 saturated heterocycles. The Labute approximate surface area is 145 Å². The van der Waals surface area contributed by atoms with Gasteiger partial charge in [-0.05, 0) is 44.4 Å². The molecule has 0 amide bonds. The van der Waals surface area contributed by atoms with Crippen LogP contribution in [0, 0.1) is 0 Å². The summed E-state index contributed by atoms with van der Waals surface area (Å²) in [7, 11) is -2.77. The van der Waals surface area contributed by atoms with Gasteiger partial charge in [0, 0.05) is 22.1 Å². The molecule has 4 atom stereocenters. The molecular formula is C18H21NO4. The summed E-state index contributed by atoms with van der Waals surface area (Å²) in [5.41, 5.74) is -2.13. The van der Waals surface area contributed by atoms with Crippen molar-refractivity contribution in [1.82, 2.24) is 4.90 Å². The fraction of sp³-hybridized carbons (Fsp3) is 0.611. The van der Waals surface area contributed by atoms with Crippen LogP contribution in [0.1, 0.15) is 40.0 Å². The van der Waals surface area contributed by atoms with Crippen LogP contribution in [0.5, 0.6) is 11.5 Å². The summed E-state index contributed by atoms with van der Waals surface area (Å²) in [6.45, 7) is -2.40. The molecular weight excluding hydrogens is 294 g/mol. The Morgan fingerprint density at radius 3 is 3.26 bits per heavy atom. The SMILES string of the molecule is [2H]C([2H])([2H])Oc1ccc2c3c1OC1([2H])C(=O)CC[C@@]4(O)[C@@H](C2)N(C([2H])([2H])[2H])CC[C@]314. The van der Waals surface area contributed by atoms with E-state index in [4.69, 9.17) is 19.1 Å². The summed E-state index contributed by atoms with van der Waals surface area (Å²) in [6, 6.07) is 2.20. The Hall–Kier alpha value is -1.59. The summed E-state index contributed by atoms with van der Waals surface area (Å²) in [5, 5.41) is 12.0. The van der Waals surface area contributed by atoms with Gasteiger partial charge < -0.3 is 19.5 Å². The number of hydrogen-bond acceptors (Lipinski definition) is 5. The number of carbonyl (C=O) groups excluding carboxylic acids is 1. The zero-order chi connectivity index (χ0) is 21.9. The van der Waals surface area contributed by atoms with Crippen LogP contribution in [-0.4, -0.2) is 54.1 Å². The van der Waals surface area contributed by atoms with E-state index in [1.54, 1.807) is 6.07 Å². The topological polar surface area (TPSA) is 59.0 Å². The zero-order valence-electron chi connectivity index (χ0n) is 19.4. The van der Waals surface area contributed by atoms with E-state index < -0.39 is 42.9 Å². The number of carbonyl (C=O) groups is 1. The minimum Gasteiger partial charge on any atom is -0.493 e. The zero-order valence-corrected chi connectivity index (χ0v) is 12.4. The highest BCUT2D eigenvalue weighted by Crippen LogP contribution is 2.64. The maximum absolute atomic E-state index is 13.0. The average Bonchev–Trinajstić information content (AvgIpc) is 2.87. The Morgan fingerprint density at radius 1 is 1.52 bits per heavy atom. The monoisotopic (exact) mass is 322 g/mol. The molecule has 4 aliphatic rings. The second-order valence-corrected chi connectivity index (χ2v) is 6.88. The molecule has 1 aromatic rings. The lowest BCUT2D eigenvalue weighted by Crippen LogP contribution is -2.76. The third-order valence-electron chi connectivity index (χ3n) is 6.13.